The van der Waals surface area contributed by atoms with E-state index in [1.54, 1.807) is 19.9 Å². The molecule has 1 N–H and O–H groups in total. The summed E-state index contributed by atoms with van der Waals surface area (Å²) in [6.07, 6.45) is -4.46. The summed E-state index contributed by atoms with van der Waals surface area (Å²) in [6, 6.07) is 7.67. The van der Waals surface area contributed by atoms with Crippen LogP contribution < -0.4 is 5.32 Å². The average Bonchev–Trinajstić information content (AvgIpc) is 2.72. The van der Waals surface area contributed by atoms with E-state index < -0.39 is 41.6 Å². The third-order valence-corrected chi connectivity index (χ3v) is 5.76. The van der Waals surface area contributed by atoms with Crippen LogP contribution in [0.15, 0.2) is 36.4 Å². The Morgan fingerprint density at radius 1 is 1.06 bits per heavy atom. The number of amides is 1. The molecule has 0 spiro atoms. The first-order valence-electron chi connectivity index (χ1n) is 10.1. The van der Waals surface area contributed by atoms with E-state index in [2.05, 4.69) is 5.32 Å². The van der Waals surface area contributed by atoms with Crippen molar-refractivity contribution >= 4 is 40.8 Å². The van der Waals surface area contributed by atoms with Crippen LogP contribution in [0.4, 0.5) is 23.2 Å². The number of esters is 1. The van der Waals surface area contributed by atoms with Gasteiger partial charge >= 0.3 is 12.1 Å². The SMILES string of the molecule is CCOC(=O)[C@@H](C)Cc1ccc(Cl)c(NC(=O)[C@H](c2ccc(Cl)c(F)c2)[C@@H](C)C(F)(F)F)c1. The molecule has 0 aliphatic rings. The third kappa shape index (κ3) is 7.08. The Kier molecular flexibility index (Phi) is 9.14. The standard InChI is InChI=1S/C23H23Cl2F4NO3/c1-4-33-22(32)12(2)9-14-5-7-17(25)19(10-14)30-21(31)20(13(3)23(27,28)29)15-6-8-16(24)18(26)11-15/h5-8,10-13,20H,4,9H2,1-3H3,(H,30,31)/t12-,13+,20-/m0/s1. The van der Waals surface area contributed by atoms with Crippen molar-refractivity contribution in [2.45, 2.75) is 39.3 Å². The molecule has 33 heavy (non-hydrogen) atoms. The maximum atomic E-state index is 13.9. The second-order valence-corrected chi connectivity index (χ2v) is 8.46. The molecule has 0 aliphatic heterocycles. The lowest BCUT2D eigenvalue weighted by atomic mass is 9.85. The number of hydrogen-bond acceptors (Lipinski definition) is 3. The molecule has 0 unspecified atom stereocenters. The Morgan fingerprint density at radius 2 is 1.70 bits per heavy atom. The largest absolute Gasteiger partial charge is 0.466 e. The molecule has 10 heteroatoms. The molecule has 2 aromatic carbocycles. The molecular weight excluding hydrogens is 485 g/mol. The lowest BCUT2D eigenvalue weighted by Gasteiger charge is -2.26. The quantitative estimate of drug-likeness (QED) is 0.316. The normalized spacial score (nSPS) is 14.3. The fourth-order valence-corrected chi connectivity index (χ4v) is 3.57. The third-order valence-electron chi connectivity index (χ3n) is 5.12. The highest BCUT2D eigenvalue weighted by Gasteiger charge is 2.45. The van der Waals surface area contributed by atoms with Gasteiger partial charge in [-0.3, -0.25) is 9.59 Å². The summed E-state index contributed by atoms with van der Waals surface area (Å²) in [5.41, 5.74) is 0.514. The van der Waals surface area contributed by atoms with E-state index in [1.807, 2.05) is 0 Å². The minimum Gasteiger partial charge on any atom is -0.466 e. The zero-order valence-electron chi connectivity index (χ0n) is 18.1. The van der Waals surface area contributed by atoms with Crippen LogP contribution in [0.25, 0.3) is 0 Å². The highest BCUT2D eigenvalue weighted by molar-refractivity contribution is 6.33. The number of carbonyl (C=O) groups excluding carboxylic acids is 2. The molecule has 0 saturated heterocycles. The van der Waals surface area contributed by atoms with Crippen molar-refractivity contribution < 1.29 is 31.9 Å². The first-order chi connectivity index (χ1) is 15.3. The van der Waals surface area contributed by atoms with Crippen LogP contribution in [0.3, 0.4) is 0 Å². The van der Waals surface area contributed by atoms with Crippen molar-refractivity contribution in [2.24, 2.45) is 11.8 Å². The first kappa shape index (κ1) is 26.9. The highest BCUT2D eigenvalue weighted by Crippen LogP contribution is 2.39. The fourth-order valence-electron chi connectivity index (χ4n) is 3.29. The predicted molar refractivity (Wildman–Crippen MR) is 119 cm³/mol. The van der Waals surface area contributed by atoms with Crippen LogP contribution >= 0.6 is 23.2 Å². The van der Waals surface area contributed by atoms with Crippen LogP contribution in [0.5, 0.6) is 0 Å². The lowest BCUT2D eigenvalue weighted by Crippen LogP contribution is -2.34. The zero-order chi connectivity index (χ0) is 24.9. The summed E-state index contributed by atoms with van der Waals surface area (Å²) in [6.45, 7) is 4.43. The van der Waals surface area contributed by atoms with Crippen LogP contribution in [0.1, 0.15) is 37.8 Å². The molecule has 0 heterocycles. The molecule has 0 radical (unpaired) electrons. The van der Waals surface area contributed by atoms with Crippen molar-refractivity contribution in [1.82, 2.24) is 0 Å². The number of rotatable bonds is 8. The molecule has 0 bridgehead atoms. The summed E-state index contributed by atoms with van der Waals surface area (Å²) >= 11 is 11.8. The average molecular weight is 508 g/mol. The topological polar surface area (TPSA) is 55.4 Å². The number of benzene rings is 2. The summed E-state index contributed by atoms with van der Waals surface area (Å²) < 4.78 is 59.5. The molecule has 3 atom stereocenters. The zero-order valence-corrected chi connectivity index (χ0v) is 19.6. The molecule has 180 valence electrons. The molecule has 2 aromatic rings. The van der Waals surface area contributed by atoms with E-state index in [-0.39, 0.29) is 34.3 Å². The van der Waals surface area contributed by atoms with Gasteiger partial charge in [0.2, 0.25) is 5.91 Å². The van der Waals surface area contributed by atoms with Gasteiger partial charge in [-0.05, 0) is 48.7 Å². The van der Waals surface area contributed by atoms with E-state index in [0.717, 1.165) is 19.1 Å². The number of hydrogen-bond donors (Lipinski definition) is 1. The second-order valence-electron chi connectivity index (χ2n) is 7.64. The highest BCUT2D eigenvalue weighted by atomic mass is 35.5. The van der Waals surface area contributed by atoms with Crippen LogP contribution in [-0.2, 0) is 20.7 Å². The number of anilines is 1. The van der Waals surface area contributed by atoms with Crippen molar-refractivity contribution in [3.63, 3.8) is 0 Å². The van der Waals surface area contributed by atoms with E-state index >= 15 is 0 Å². The lowest BCUT2D eigenvalue weighted by molar-refractivity contribution is -0.178. The minimum atomic E-state index is -4.72. The molecule has 0 saturated carbocycles. The molecule has 0 aliphatic carbocycles. The summed E-state index contributed by atoms with van der Waals surface area (Å²) in [5.74, 6) is -6.71. The number of alkyl halides is 3. The molecule has 0 aromatic heterocycles. The molecular formula is C23H23Cl2F4NO3. The first-order valence-corrected chi connectivity index (χ1v) is 10.9. The fraction of sp³-hybridized carbons (Fsp3) is 0.391. The van der Waals surface area contributed by atoms with Gasteiger partial charge in [0.15, 0.2) is 0 Å². The Labute approximate surface area is 199 Å². The Morgan fingerprint density at radius 3 is 2.27 bits per heavy atom. The van der Waals surface area contributed by atoms with Gasteiger partial charge in [0, 0.05) is 0 Å². The van der Waals surface area contributed by atoms with E-state index in [1.165, 1.54) is 18.2 Å². The van der Waals surface area contributed by atoms with E-state index in [9.17, 15) is 27.2 Å². The number of ether oxygens (including phenoxy) is 1. The van der Waals surface area contributed by atoms with Crippen LogP contribution in [0, 0.1) is 17.7 Å². The van der Waals surface area contributed by atoms with Crippen LogP contribution in [0.2, 0.25) is 10.0 Å². The van der Waals surface area contributed by atoms with Crippen molar-refractivity contribution in [1.29, 1.82) is 0 Å². The summed E-state index contributed by atoms with van der Waals surface area (Å²) in [7, 11) is 0. The molecule has 2 rings (SSSR count). The van der Waals surface area contributed by atoms with Gasteiger partial charge in [-0.2, -0.15) is 13.2 Å². The van der Waals surface area contributed by atoms with Crippen molar-refractivity contribution in [2.75, 3.05) is 11.9 Å². The molecule has 4 nitrogen and oxygen atoms in total. The van der Waals surface area contributed by atoms with Gasteiger partial charge in [-0.25, -0.2) is 4.39 Å². The maximum absolute atomic E-state index is 13.9. The molecule has 0 fully saturated rings. The van der Waals surface area contributed by atoms with Crippen molar-refractivity contribution in [3.8, 4) is 0 Å². The van der Waals surface area contributed by atoms with Gasteiger partial charge in [-0.1, -0.05) is 49.2 Å². The Balaban J connectivity index is 2.35. The monoisotopic (exact) mass is 507 g/mol. The van der Waals surface area contributed by atoms with Gasteiger partial charge in [-0.15, -0.1) is 0 Å². The Bertz CT molecular complexity index is 1010. The maximum Gasteiger partial charge on any atom is 0.392 e. The van der Waals surface area contributed by atoms with E-state index in [0.29, 0.717) is 5.56 Å². The summed E-state index contributed by atoms with van der Waals surface area (Å²) in [5, 5.41) is 2.24. The second kappa shape index (κ2) is 11.2. The molecule has 1 amide bonds. The number of halogens is 6. The minimum absolute atomic E-state index is 0.0732. The smallest absolute Gasteiger partial charge is 0.392 e. The van der Waals surface area contributed by atoms with Gasteiger partial charge in [0.1, 0.15) is 5.82 Å². The van der Waals surface area contributed by atoms with Gasteiger partial charge in [0.05, 0.1) is 40.1 Å². The summed E-state index contributed by atoms with van der Waals surface area (Å²) in [4.78, 5) is 24.9. The number of nitrogens with one attached hydrogen (secondary N) is 1. The predicted octanol–water partition coefficient (Wildman–Crippen LogP) is 6.79. The van der Waals surface area contributed by atoms with Gasteiger partial charge in [0.25, 0.3) is 0 Å². The van der Waals surface area contributed by atoms with Crippen LogP contribution in [-0.4, -0.2) is 24.7 Å². The number of carbonyl (C=O) groups is 2. The Hall–Kier alpha value is -2.32. The van der Waals surface area contributed by atoms with E-state index in [4.69, 9.17) is 27.9 Å². The van der Waals surface area contributed by atoms with Gasteiger partial charge < -0.3 is 10.1 Å². The van der Waals surface area contributed by atoms with Crippen molar-refractivity contribution in [3.05, 3.63) is 63.4 Å².